The van der Waals surface area contributed by atoms with E-state index in [2.05, 4.69) is 76.2 Å². The minimum atomic E-state index is -2.70. The quantitative estimate of drug-likeness (QED) is 0.0937. The summed E-state index contributed by atoms with van der Waals surface area (Å²) in [5.74, 6) is -0.273. The lowest BCUT2D eigenvalue weighted by Crippen LogP contribution is -2.67. The molecular formula is C35H52O6Si. The Hall–Kier alpha value is -2.29. The molecule has 6 nitrogen and oxygen atoms in total. The van der Waals surface area contributed by atoms with Gasteiger partial charge in [-0.1, -0.05) is 108 Å². The Morgan fingerprint density at radius 2 is 1.50 bits per heavy atom. The highest BCUT2D eigenvalue weighted by Gasteiger charge is 2.50. The highest BCUT2D eigenvalue weighted by Crippen LogP contribution is 2.37. The lowest BCUT2D eigenvalue weighted by molar-refractivity contribution is -0.140. The third-order valence-corrected chi connectivity index (χ3v) is 13.4. The Morgan fingerprint density at radius 1 is 0.905 bits per heavy atom. The fraction of sp³-hybridized carbons (Fsp3) is 0.571. The van der Waals surface area contributed by atoms with Crippen LogP contribution >= 0.6 is 0 Å². The smallest absolute Gasteiger partial charge is 0.334 e. The molecule has 2 aromatic carbocycles. The number of hydrogen-bond donors (Lipinski definition) is 0. The van der Waals surface area contributed by atoms with Gasteiger partial charge in [0.25, 0.3) is 8.32 Å². The number of carbonyl (C=O) groups excluding carboxylic acids is 1. The Bertz CT molecular complexity index is 1060. The molecule has 0 aliphatic carbocycles. The Morgan fingerprint density at radius 3 is 2.00 bits per heavy atom. The molecule has 4 atom stereocenters. The average molecular weight is 597 g/mol. The van der Waals surface area contributed by atoms with E-state index in [1.165, 1.54) is 23.2 Å². The number of methoxy groups -OCH3 is 3. The Kier molecular flexibility index (Phi) is 13.5. The highest BCUT2D eigenvalue weighted by atomic mass is 28.4. The molecule has 0 N–H and O–H groups in total. The standard InChI is InChI=1S/C35H52O6Si/c1-8-9-12-17-28(37-5)24-29(38-6)22-27-23-30(41-34(27)36)25-31(39-7)26-40-42(35(2,3)4,32-18-13-10-14-19-32)33-20-15-11-16-21-33/h10-11,13-16,18-22,28-31H,8-9,12,17,23-26H2,1-7H3/b27-22-/t28?,29?,30-,31-/m1/s1. The molecule has 2 aromatic rings. The van der Waals surface area contributed by atoms with E-state index in [1.54, 1.807) is 21.3 Å². The molecule has 0 bridgehead atoms. The van der Waals surface area contributed by atoms with Crippen LogP contribution < -0.4 is 10.4 Å². The molecule has 1 saturated heterocycles. The van der Waals surface area contributed by atoms with Crippen LogP contribution in [0.5, 0.6) is 0 Å². The van der Waals surface area contributed by atoms with Crippen molar-refractivity contribution in [2.24, 2.45) is 0 Å². The highest BCUT2D eigenvalue weighted by molar-refractivity contribution is 6.99. The number of rotatable bonds is 17. The van der Waals surface area contributed by atoms with E-state index in [9.17, 15) is 4.79 Å². The molecule has 0 spiro atoms. The predicted octanol–water partition coefficient (Wildman–Crippen LogP) is 6.21. The van der Waals surface area contributed by atoms with Crippen LogP contribution in [0.2, 0.25) is 5.04 Å². The Labute approximate surface area is 254 Å². The molecule has 1 heterocycles. The molecule has 42 heavy (non-hydrogen) atoms. The fourth-order valence-corrected chi connectivity index (χ4v) is 10.6. The van der Waals surface area contributed by atoms with Crippen LogP contribution in [0.3, 0.4) is 0 Å². The molecule has 3 rings (SSSR count). The van der Waals surface area contributed by atoms with Gasteiger partial charge in [0, 0.05) is 46.2 Å². The van der Waals surface area contributed by atoms with Gasteiger partial charge in [0.1, 0.15) is 6.10 Å². The van der Waals surface area contributed by atoms with E-state index in [4.69, 9.17) is 23.4 Å². The summed E-state index contributed by atoms with van der Waals surface area (Å²) in [6.07, 6.45) is 7.62. The summed E-state index contributed by atoms with van der Waals surface area (Å²) < 4.78 is 30.2. The first kappa shape index (κ1) is 34.2. The van der Waals surface area contributed by atoms with Crippen molar-refractivity contribution in [1.82, 2.24) is 0 Å². The number of hydrogen-bond acceptors (Lipinski definition) is 6. The first-order valence-electron chi connectivity index (χ1n) is 15.4. The van der Waals surface area contributed by atoms with Gasteiger partial charge in [-0.2, -0.15) is 0 Å². The van der Waals surface area contributed by atoms with E-state index in [0.29, 0.717) is 31.4 Å². The van der Waals surface area contributed by atoms with Gasteiger partial charge in [0.15, 0.2) is 0 Å². The Balaban J connectivity index is 1.72. The van der Waals surface area contributed by atoms with Crippen molar-refractivity contribution < 1.29 is 28.2 Å². The largest absolute Gasteiger partial charge is 0.459 e. The lowest BCUT2D eigenvalue weighted by Gasteiger charge is -2.43. The normalized spacial score (nSPS) is 19.1. The summed E-state index contributed by atoms with van der Waals surface area (Å²) >= 11 is 0. The zero-order chi connectivity index (χ0) is 30.6. The van der Waals surface area contributed by atoms with Crippen molar-refractivity contribution in [2.45, 2.75) is 102 Å². The molecular weight excluding hydrogens is 544 g/mol. The molecule has 7 heteroatoms. The molecule has 1 fully saturated rings. The third kappa shape index (κ3) is 8.86. The van der Waals surface area contributed by atoms with Crippen LogP contribution in [-0.2, 0) is 28.2 Å². The van der Waals surface area contributed by atoms with E-state index in [-0.39, 0.29) is 35.4 Å². The van der Waals surface area contributed by atoms with E-state index >= 15 is 0 Å². The van der Waals surface area contributed by atoms with Crippen LogP contribution in [0.1, 0.15) is 72.6 Å². The SMILES string of the molecule is CCCCCC(CC(/C=C1/C[C@H](C[C@H](CO[Si](c2ccccc2)(c2ccccc2)C(C)(C)C)OC)OC1=O)OC)OC. The molecule has 0 saturated carbocycles. The van der Waals surface area contributed by atoms with Gasteiger partial charge in [0.05, 0.1) is 24.9 Å². The van der Waals surface area contributed by atoms with Gasteiger partial charge in [-0.05, 0) is 27.9 Å². The van der Waals surface area contributed by atoms with Crippen molar-refractivity contribution in [1.29, 1.82) is 0 Å². The van der Waals surface area contributed by atoms with Gasteiger partial charge < -0.3 is 23.4 Å². The minimum Gasteiger partial charge on any atom is -0.459 e. The van der Waals surface area contributed by atoms with Crippen molar-refractivity contribution in [3.8, 4) is 0 Å². The maximum absolute atomic E-state index is 12.8. The second kappa shape index (κ2) is 16.5. The summed E-state index contributed by atoms with van der Waals surface area (Å²) in [5.41, 5.74) is 0.665. The molecule has 2 unspecified atom stereocenters. The monoisotopic (exact) mass is 596 g/mol. The number of ether oxygens (including phenoxy) is 4. The fourth-order valence-electron chi connectivity index (χ4n) is 6.04. The maximum Gasteiger partial charge on any atom is 0.334 e. The van der Waals surface area contributed by atoms with Gasteiger partial charge in [-0.15, -0.1) is 0 Å². The molecule has 1 aliphatic heterocycles. The maximum atomic E-state index is 12.8. The van der Waals surface area contributed by atoms with Crippen molar-refractivity contribution in [3.05, 3.63) is 72.3 Å². The lowest BCUT2D eigenvalue weighted by atomic mass is 10.0. The number of unbranched alkanes of at least 4 members (excludes halogenated alkanes) is 2. The second-order valence-electron chi connectivity index (χ2n) is 12.4. The van der Waals surface area contributed by atoms with Gasteiger partial charge in [0.2, 0.25) is 0 Å². The summed E-state index contributed by atoms with van der Waals surface area (Å²) in [5, 5.41) is 2.33. The van der Waals surface area contributed by atoms with Gasteiger partial charge >= 0.3 is 5.97 Å². The van der Waals surface area contributed by atoms with Gasteiger partial charge in [-0.3, -0.25) is 0 Å². The zero-order valence-electron chi connectivity index (χ0n) is 26.8. The van der Waals surface area contributed by atoms with Crippen molar-refractivity contribution in [2.75, 3.05) is 27.9 Å². The first-order chi connectivity index (χ1) is 20.2. The summed E-state index contributed by atoms with van der Waals surface area (Å²) in [6.45, 7) is 9.40. The van der Waals surface area contributed by atoms with Crippen molar-refractivity contribution >= 4 is 24.7 Å². The number of esters is 1. The molecule has 1 aliphatic rings. The van der Waals surface area contributed by atoms with E-state index in [0.717, 1.165) is 12.8 Å². The van der Waals surface area contributed by atoms with Crippen LogP contribution in [0.4, 0.5) is 0 Å². The predicted molar refractivity (Wildman–Crippen MR) is 172 cm³/mol. The first-order valence-corrected chi connectivity index (χ1v) is 17.3. The molecule has 232 valence electrons. The number of cyclic esters (lactones) is 1. The molecule has 0 aromatic heterocycles. The van der Waals surface area contributed by atoms with Crippen molar-refractivity contribution in [3.63, 3.8) is 0 Å². The summed E-state index contributed by atoms with van der Waals surface area (Å²) in [7, 11) is 2.44. The molecule has 0 radical (unpaired) electrons. The molecule has 0 amide bonds. The van der Waals surface area contributed by atoms with Gasteiger partial charge in [-0.25, -0.2) is 4.79 Å². The summed E-state index contributed by atoms with van der Waals surface area (Å²) in [4.78, 5) is 12.8. The minimum absolute atomic E-state index is 0.100. The number of carbonyl (C=O) groups is 1. The third-order valence-electron chi connectivity index (χ3n) is 8.39. The zero-order valence-corrected chi connectivity index (χ0v) is 27.8. The van der Waals surface area contributed by atoms with Crippen LogP contribution in [0, 0.1) is 0 Å². The van der Waals surface area contributed by atoms with Crippen LogP contribution in [0.15, 0.2) is 72.3 Å². The van der Waals surface area contributed by atoms with E-state index in [1.807, 2.05) is 18.2 Å². The van der Waals surface area contributed by atoms with E-state index < -0.39 is 8.32 Å². The second-order valence-corrected chi connectivity index (χ2v) is 16.7. The average Bonchev–Trinajstić information content (AvgIpc) is 3.34. The topological polar surface area (TPSA) is 63.2 Å². The summed E-state index contributed by atoms with van der Waals surface area (Å²) in [6, 6.07) is 21.2. The van der Waals surface area contributed by atoms with Crippen LogP contribution in [-0.4, -0.2) is 66.6 Å². The van der Waals surface area contributed by atoms with Crippen LogP contribution in [0.25, 0.3) is 0 Å². The number of benzene rings is 2.